The summed E-state index contributed by atoms with van der Waals surface area (Å²) in [5.74, 6) is 3.49. The van der Waals surface area contributed by atoms with Crippen LogP contribution < -0.4 is 23.7 Å². The molecule has 0 atom stereocenters. The van der Waals surface area contributed by atoms with E-state index in [9.17, 15) is 0 Å². The summed E-state index contributed by atoms with van der Waals surface area (Å²) in [5.41, 5.74) is 4.32. The molecular formula is C26H25N5O5S. The number of aromatic nitrogens is 5. The first-order valence-corrected chi connectivity index (χ1v) is 12.1. The summed E-state index contributed by atoms with van der Waals surface area (Å²) in [4.78, 5) is 4.83. The Bertz CT molecular complexity index is 1570. The molecule has 0 aliphatic heterocycles. The second-order valence-corrected chi connectivity index (χ2v) is 9.03. The molecule has 0 saturated carbocycles. The van der Waals surface area contributed by atoms with Crippen LogP contribution in [-0.4, -0.2) is 60.7 Å². The lowest BCUT2D eigenvalue weighted by Gasteiger charge is -2.14. The quantitative estimate of drug-likeness (QED) is 0.281. The van der Waals surface area contributed by atoms with E-state index in [0.29, 0.717) is 28.8 Å². The molecule has 0 aliphatic rings. The molecule has 2 heterocycles. The first-order chi connectivity index (χ1) is 18.0. The van der Waals surface area contributed by atoms with Crippen LogP contribution in [0.3, 0.4) is 0 Å². The highest BCUT2D eigenvalue weighted by atomic mass is 32.1. The van der Waals surface area contributed by atoms with Crippen molar-refractivity contribution >= 4 is 21.6 Å². The van der Waals surface area contributed by atoms with E-state index in [4.69, 9.17) is 28.7 Å². The van der Waals surface area contributed by atoms with Gasteiger partial charge in [0.15, 0.2) is 17.3 Å². The molecule has 5 rings (SSSR count). The number of hydrogen-bond acceptors (Lipinski definition) is 10. The van der Waals surface area contributed by atoms with E-state index in [-0.39, 0.29) is 0 Å². The second-order valence-electron chi connectivity index (χ2n) is 8.03. The third-order valence-electron chi connectivity index (χ3n) is 5.95. The average Bonchev–Trinajstić information content (AvgIpc) is 3.59. The molecule has 0 aliphatic carbocycles. The Morgan fingerprint density at radius 3 is 2.11 bits per heavy atom. The Kier molecular flexibility index (Phi) is 6.53. The van der Waals surface area contributed by atoms with Gasteiger partial charge in [0.05, 0.1) is 51.5 Å². The highest BCUT2D eigenvalue weighted by molar-refractivity contribution is 7.22. The van der Waals surface area contributed by atoms with Gasteiger partial charge >= 0.3 is 0 Å². The van der Waals surface area contributed by atoms with Crippen molar-refractivity contribution in [1.29, 1.82) is 0 Å². The summed E-state index contributed by atoms with van der Waals surface area (Å²) in [6.45, 7) is 2.01. The van der Waals surface area contributed by atoms with Gasteiger partial charge in [-0.15, -0.1) is 16.4 Å². The minimum atomic E-state index is 0.499. The molecule has 5 aromatic rings. The first-order valence-electron chi connectivity index (χ1n) is 11.2. The van der Waals surface area contributed by atoms with E-state index >= 15 is 0 Å². The molecule has 0 amide bonds. The maximum Gasteiger partial charge on any atom is 0.203 e. The van der Waals surface area contributed by atoms with Crippen molar-refractivity contribution < 1.29 is 23.7 Å². The smallest absolute Gasteiger partial charge is 0.203 e. The molecule has 0 saturated heterocycles. The lowest BCUT2D eigenvalue weighted by molar-refractivity contribution is 0.324. The lowest BCUT2D eigenvalue weighted by Crippen LogP contribution is -2.03. The SMILES string of the molecule is COc1cc(OC)c2sc(-c3ccc(-n4nnnc4-c4cc(OC)c(OC)c(OC)c4)c(C)c3)nc2c1. The number of nitrogens with zero attached hydrogens (tertiary/aromatic N) is 5. The zero-order chi connectivity index (χ0) is 26.1. The number of benzene rings is 3. The van der Waals surface area contributed by atoms with Crippen LogP contribution in [0.4, 0.5) is 0 Å². The summed E-state index contributed by atoms with van der Waals surface area (Å²) in [7, 11) is 7.97. The minimum Gasteiger partial charge on any atom is -0.497 e. The van der Waals surface area contributed by atoms with Crippen LogP contribution in [0.15, 0.2) is 42.5 Å². The molecule has 10 nitrogen and oxygen atoms in total. The largest absolute Gasteiger partial charge is 0.497 e. The van der Waals surface area contributed by atoms with Gasteiger partial charge in [0, 0.05) is 23.3 Å². The molecule has 0 radical (unpaired) electrons. The van der Waals surface area contributed by atoms with Gasteiger partial charge < -0.3 is 23.7 Å². The van der Waals surface area contributed by atoms with Gasteiger partial charge in [-0.05, 0) is 53.2 Å². The lowest BCUT2D eigenvalue weighted by atomic mass is 10.1. The summed E-state index contributed by atoms with van der Waals surface area (Å²) in [6, 6.07) is 13.4. The number of tetrazole rings is 1. The van der Waals surface area contributed by atoms with Gasteiger partial charge in [0.25, 0.3) is 0 Å². The van der Waals surface area contributed by atoms with Crippen molar-refractivity contribution in [3.8, 4) is 56.4 Å². The van der Waals surface area contributed by atoms with E-state index in [2.05, 4.69) is 21.6 Å². The average molecular weight is 520 g/mol. The minimum absolute atomic E-state index is 0.499. The van der Waals surface area contributed by atoms with Crippen molar-refractivity contribution in [2.45, 2.75) is 6.92 Å². The number of thiazole rings is 1. The van der Waals surface area contributed by atoms with E-state index < -0.39 is 0 Å². The monoisotopic (exact) mass is 519 g/mol. The molecule has 0 bridgehead atoms. The first kappa shape index (κ1) is 24.3. The van der Waals surface area contributed by atoms with Gasteiger partial charge in [-0.3, -0.25) is 0 Å². The van der Waals surface area contributed by atoms with E-state index in [1.807, 2.05) is 43.3 Å². The Labute approximate surface area is 217 Å². The van der Waals surface area contributed by atoms with Gasteiger partial charge in [-0.1, -0.05) is 0 Å². The highest BCUT2D eigenvalue weighted by Gasteiger charge is 2.20. The third kappa shape index (κ3) is 4.27. The van der Waals surface area contributed by atoms with Crippen molar-refractivity contribution in [1.82, 2.24) is 25.2 Å². The van der Waals surface area contributed by atoms with Crippen LogP contribution >= 0.6 is 11.3 Å². The highest BCUT2D eigenvalue weighted by Crippen LogP contribution is 2.42. The topological polar surface area (TPSA) is 103 Å². The molecule has 190 valence electrons. The van der Waals surface area contributed by atoms with Crippen LogP contribution in [0, 0.1) is 6.92 Å². The van der Waals surface area contributed by atoms with Crippen molar-refractivity contribution in [3.63, 3.8) is 0 Å². The van der Waals surface area contributed by atoms with E-state index in [1.54, 1.807) is 51.6 Å². The van der Waals surface area contributed by atoms with Gasteiger partial charge in [-0.2, -0.15) is 4.68 Å². The number of ether oxygens (including phenoxy) is 5. The Morgan fingerprint density at radius 2 is 1.49 bits per heavy atom. The number of hydrogen-bond donors (Lipinski definition) is 0. The molecule has 0 fully saturated rings. The van der Waals surface area contributed by atoms with Crippen LogP contribution in [-0.2, 0) is 0 Å². The Morgan fingerprint density at radius 1 is 0.757 bits per heavy atom. The third-order valence-corrected chi connectivity index (χ3v) is 7.08. The Balaban J connectivity index is 1.56. The molecule has 2 aromatic heterocycles. The van der Waals surface area contributed by atoms with E-state index in [0.717, 1.165) is 43.4 Å². The molecule has 0 N–H and O–H groups in total. The van der Waals surface area contributed by atoms with Crippen LogP contribution in [0.1, 0.15) is 5.56 Å². The zero-order valence-electron chi connectivity index (χ0n) is 21.2. The maximum absolute atomic E-state index is 5.55. The van der Waals surface area contributed by atoms with Crippen molar-refractivity contribution in [2.24, 2.45) is 0 Å². The van der Waals surface area contributed by atoms with Crippen LogP contribution in [0.25, 0.3) is 37.9 Å². The fourth-order valence-electron chi connectivity index (χ4n) is 4.14. The Hall–Kier alpha value is -4.38. The van der Waals surface area contributed by atoms with Crippen LogP contribution in [0.2, 0.25) is 0 Å². The molecule has 0 spiro atoms. The predicted octanol–water partition coefficient (Wildman–Crippen LogP) is 4.96. The molecule has 0 unspecified atom stereocenters. The van der Waals surface area contributed by atoms with Crippen molar-refractivity contribution in [2.75, 3.05) is 35.5 Å². The summed E-state index contributed by atoms with van der Waals surface area (Å²) >= 11 is 1.57. The predicted molar refractivity (Wildman–Crippen MR) is 141 cm³/mol. The van der Waals surface area contributed by atoms with E-state index in [1.165, 1.54) is 0 Å². The molecule has 3 aromatic carbocycles. The number of fused-ring (bicyclic) bond motifs is 1. The molecule has 11 heteroatoms. The maximum atomic E-state index is 5.55. The summed E-state index contributed by atoms with van der Waals surface area (Å²) in [6.07, 6.45) is 0. The molecular weight excluding hydrogens is 494 g/mol. The summed E-state index contributed by atoms with van der Waals surface area (Å²) < 4.78 is 30.0. The van der Waals surface area contributed by atoms with Gasteiger partial charge in [0.1, 0.15) is 16.5 Å². The van der Waals surface area contributed by atoms with Gasteiger partial charge in [-0.25, -0.2) is 4.98 Å². The van der Waals surface area contributed by atoms with Gasteiger partial charge in [0.2, 0.25) is 5.75 Å². The molecule has 37 heavy (non-hydrogen) atoms. The fourth-order valence-corrected chi connectivity index (χ4v) is 5.17. The number of methoxy groups -OCH3 is 5. The summed E-state index contributed by atoms with van der Waals surface area (Å²) in [5, 5.41) is 13.3. The number of rotatable bonds is 8. The standard InChI is InChI=1S/C26H25N5O5S/c1-14-9-15(26-27-18-12-17(32-2)13-22(35-5)24(18)37-26)7-8-19(14)31-25(28-29-30-31)16-10-20(33-3)23(36-6)21(11-16)34-4/h7-13H,1-6H3. The van der Waals surface area contributed by atoms with Crippen LogP contribution in [0.5, 0.6) is 28.7 Å². The van der Waals surface area contributed by atoms with Crippen molar-refractivity contribution in [3.05, 3.63) is 48.0 Å². The zero-order valence-corrected chi connectivity index (χ0v) is 22.0. The normalized spacial score (nSPS) is 11.0. The number of aryl methyl sites for hydroxylation is 1. The second kappa shape index (κ2) is 9.94. The fraction of sp³-hybridized carbons (Fsp3) is 0.231.